The van der Waals surface area contributed by atoms with Crippen molar-refractivity contribution >= 4 is 44.7 Å². The van der Waals surface area contributed by atoms with Gasteiger partial charge in [-0.25, -0.2) is 16.8 Å². The van der Waals surface area contributed by atoms with Crippen molar-refractivity contribution in [2.45, 2.75) is 32.2 Å². The summed E-state index contributed by atoms with van der Waals surface area (Å²) in [5, 5.41) is 6.99. The molecule has 0 amide bonds. The molecule has 5 nitrogen and oxygen atoms in total. The van der Waals surface area contributed by atoms with E-state index < -0.39 is 10.0 Å². The zero-order valence-corrected chi connectivity index (χ0v) is 20.6. The number of rotatable bonds is 6. The molecule has 174 valence electrons. The van der Waals surface area contributed by atoms with Crippen LogP contribution in [0.3, 0.4) is 0 Å². The van der Waals surface area contributed by atoms with Gasteiger partial charge in [0, 0.05) is 23.8 Å². The second kappa shape index (κ2) is 9.55. The Labute approximate surface area is 200 Å². The van der Waals surface area contributed by atoms with Gasteiger partial charge >= 0.3 is 0 Å². The van der Waals surface area contributed by atoms with Crippen LogP contribution in [0, 0.1) is 26.6 Å². The van der Waals surface area contributed by atoms with E-state index in [1.54, 1.807) is 31.3 Å². The zero-order valence-electron chi connectivity index (χ0n) is 18.9. The van der Waals surface area contributed by atoms with Gasteiger partial charge in [0.15, 0.2) is 0 Å². The maximum atomic E-state index is 14.4. The molecule has 8 heteroatoms. The van der Waals surface area contributed by atoms with E-state index in [0.717, 1.165) is 22.1 Å². The monoisotopic (exact) mass is 487 g/mol. The maximum absolute atomic E-state index is 14.4. The van der Waals surface area contributed by atoms with Crippen molar-refractivity contribution < 1.29 is 12.8 Å². The molecule has 4 aromatic rings. The van der Waals surface area contributed by atoms with Crippen LogP contribution >= 0.6 is 12.4 Å². The lowest BCUT2D eigenvalue weighted by atomic mass is 10.1. The topological polar surface area (TPSA) is 63.1 Å². The standard InChI is InChI=1S/C25H26FN3O2S.ClH/c1-16-6-10-23(22(26)11-16)28-20-8-9-21-19(14-27-4)15-29(24(21)13-20)32(30,31)25-12-17(2)5-7-18(25)3;/h5-13,15,27-28H,14H2,1-4H3;1H. The van der Waals surface area contributed by atoms with Gasteiger partial charge in [-0.05, 0) is 80.4 Å². The summed E-state index contributed by atoms with van der Waals surface area (Å²) in [5.41, 5.74) is 4.72. The molecule has 0 saturated heterocycles. The Balaban J connectivity index is 0.00000306. The van der Waals surface area contributed by atoms with Gasteiger partial charge in [-0.3, -0.25) is 0 Å². The molecule has 3 aromatic carbocycles. The minimum atomic E-state index is -3.83. The van der Waals surface area contributed by atoms with Crippen molar-refractivity contribution in [3.63, 3.8) is 0 Å². The van der Waals surface area contributed by atoms with E-state index in [1.807, 2.05) is 51.2 Å². The minimum Gasteiger partial charge on any atom is -0.353 e. The van der Waals surface area contributed by atoms with Crippen LogP contribution in [0.5, 0.6) is 0 Å². The van der Waals surface area contributed by atoms with Crippen LogP contribution in [0.2, 0.25) is 0 Å². The van der Waals surface area contributed by atoms with Gasteiger partial charge in [0.05, 0.1) is 16.1 Å². The van der Waals surface area contributed by atoms with E-state index in [4.69, 9.17) is 0 Å². The van der Waals surface area contributed by atoms with Crippen molar-refractivity contribution in [2.75, 3.05) is 12.4 Å². The van der Waals surface area contributed by atoms with Crippen LogP contribution in [-0.4, -0.2) is 19.4 Å². The number of anilines is 2. The van der Waals surface area contributed by atoms with Crippen molar-refractivity contribution in [1.29, 1.82) is 0 Å². The molecule has 0 radical (unpaired) electrons. The molecule has 0 unspecified atom stereocenters. The van der Waals surface area contributed by atoms with Gasteiger partial charge in [0.1, 0.15) is 5.82 Å². The molecule has 0 bridgehead atoms. The molecular formula is C25H27ClFN3O2S. The fourth-order valence-electron chi connectivity index (χ4n) is 3.84. The number of aryl methyl sites for hydroxylation is 3. The fraction of sp³-hybridized carbons (Fsp3) is 0.200. The Kier molecular flexibility index (Phi) is 7.17. The number of aromatic nitrogens is 1. The number of nitrogens with zero attached hydrogens (tertiary/aromatic N) is 1. The van der Waals surface area contributed by atoms with Crippen LogP contribution in [0.15, 0.2) is 65.7 Å². The summed E-state index contributed by atoms with van der Waals surface area (Å²) in [5.74, 6) is -0.362. The van der Waals surface area contributed by atoms with Crippen LogP contribution in [0.4, 0.5) is 15.8 Å². The number of hydrogen-bond acceptors (Lipinski definition) is 4. The Hall–Kier alpha value is -2.87. The molecule has 33 heavy (non-hydrogen) atoms. The largest absolute Gasteiger partial charge is 0.353 e. The first-order valence-corrected chi connectivity index (χ1v) is 11.8. The molecule has 0 spiro atoms. The highest BCUT2D eigenvalue weighted by atomic mass is 35.5. The molecule has 0 saturated carbocycles. The first kappa shape index (κ1) is 24.8. The van der Waals surface area contributed by atoms with Crippen LogP contribution in [-0.2, 0) is 16.6 Å². The first-order valence-electron chi connectivity index (χ1n) is 10.4. The fourth-order valence-corrected chi connectivity index (χ4v) is 5.54. The molecule has 1 heterocycles. The Morgan fingerprint density at radius 2 is 1.64 bits per heavy atom. The van der Waals surface area contributed by atoms with E-state index in [1.165, 1.54) is 10.0 Å². The smallest absolute Gasteiger partial charge is 0.268 e. The summed E-state index contributed by atoms with van der Waals surface area (Å²) >= 11 is 0. The second-order valence-electron chi connectivity index (χ2n) is 8.09. The summed E-state index contributed by atoms with van der Waals surface area (Å²) in [6, 6.07) is 15.8. The highest BCUT2D eigenvalue weighted by Gasteiger charge is 2.23. The predicted molar refractivity (Wildman–Crippen MR) is 135 cm³/mol. The van der Waals surface area contributed by atoms with E-state index in [2.05, 4.69) is 10.6 Å². The number of fused-ring (bicyclic) bond motifs is 1. The van der Waals surface area contributed by atoms with Gasteiger partial charge in [0.2, 0.25) is 0 Å². The lowest BCUT2D eigenvalue weighted by Gasteiger charge is -2.12. The van der Waals surface area contributed by atoms with Crippen molar-refractivity contribution in [3.8, 4) is 0 Å². The molecule has 0 aliphatic rings. The third-order valence-electron chi connectivity index (χ3n) is 5.51. The van der Waals surface area contributed by atoms with E-state index in [9.17, 15) is 12.8 Å². The highest BCUT2D eigenvalue weighted by Crippen LogP contribution is 2.31. The Morgan fingerprint density at radius 3 is 2.33 bits per heavy atom. The predicted octanol–water partition coefficient (Wildman–Crippen LogP) is 5.83. The van der Waals surface area contributed by atoms with Crippen LogP contribution in [0.1, 0.15) is 22.3 Å². The minimum absolute atomic E-state index is 0. The Morgan fingerprint density at radius 1 is 0.939 bits per heavy atom. The summed E-state index contributed by atoms with van der Waals surface area (Å²) in [7, 11) is -2.01. The van der Waals surface area contributed by atoms with Crippen LogP contribution in [0.25, 0.3) is 10.9 Å². The Bertz CT molecular complexity index is 1430. The van der Waals surface area contributed by atoms with Gasteiger partial charge in [-0.1, -0.05) is 24.3 Å². The van der Waals surface area contributed by atoms with E-state index in [-0.39, 0.29) is 23.1 Å². The summed E-state index contributed by atoms with van der Waals surface area (Å²) in [4.78, 5) is 0.272. The third-order valence-corrected chi connectivity index (χ3v) is 7.32. The molecule has 0 aliphatic heterocycles. The molecule has 4 rings (SSSR count). The van der Waals surface area contributed by atoms with Gasteiger partial charge in [0.25, 0.3) is 10.0 Å². The lowest BCUT2D eigenvalue weighted by molar-refractivity contribution is 0.588. The number of nitrogens with one attached hydrogen (secondary N) is 2. The normalized spacial score (nSPS) is 11.4. The maximum Gasteiger partial charge on any atom is 0.268 e. The van der Waals surface area contributed by atoms with Gasteiger partial charge < -0.3 is 10.6 Å². The summed E-state index contributed by atoms with van der Waals surface area (Å²) in [6.07, 6.45) is 1.66. The van der Waals surface area contributed by atoms with Crippen molar-refractivity contribution in [2.24, 2.45) is 0 Å². The summed E-state index contributed by atoms with van der Waals surface area (Å²) < 4.78 is 43.0. The number of halogens is 2. The van der Waals surface area contributed by atoms with Crippen molar-refractivity contribution in [1.82, 2.24) is 9.29 Å². The van der Waals surface area contributed by atoms with Crippen molar-refractivity contribution in [3.05, 3.63) is 88.9 Å². The molecular weight excluding hydrogens is 461 g/mol. The average Bonchev–Trinajstić information content (AvgIpc) is 3.11. The number of benzene rings is 3. The molecule has 0 aliphatic carbocycles. The van der Waals surface area contributed by atoms with Crippen LogP contribution < -0.4 is 10.6 Å². The zero-order chi connectivity index (χ0) is 23.0. The SMILES string of the molecule is CNCc1cn(S(=O)(=O)c2cc(C)ccc2C)c2cc(Nc3ccc(C)cc3F)ccc12.Cl. The summed E-state index contributed by atoms with van der Waals surface area (Å²) in [6.45, 7) is 6.01. The highest BCUT2D eigenvalue weighted by molar-refractivity contribution is 7.90. The second-order valence-corrected chi connectivity index (χ2v) is 9.88. The van der Waals surface area contributed by atoms with E-state index in [0.29, 0.717) is 29.0 Å². The first-order chi connectivity index (χ1) is 15.2. The molecule has 1 aromatic heterocycles. The van der Waals surface area contributed by atoms with Gasteiger partial charge in [-0.2, -0.15) is 0 Å². The number of hydrogen-bond donors (Lipinski definition) is 2. The molecule has 0 atom stereocenters. The molecule has 2 N–H and O–H groups in total. The van der Waals surface area contributed by atoms with E-state index >= 15 is 0 Å². The quantitative estimate of drug-likeness (QED) is 0.359. The van der Waals surface area contributed by atoms with Gasteiger partial charge in [-0.15, -0.1) is 12.4 Å². The molecule has 0 fully saturated rings. The lowest BCUT2D eigenvalue weighted by Crippen LogP contribution is -2.14. The average molecular weight is 488 g/mol. The third kappa shape index (κ3) is 4.76.